The van der Waals surface area contributed by atoms with Gasteiger partial charge in [0.1, 0.15) is 11.5 Å². The standard InChI is InChI=1S/C18H20N2O2S/c1-2-3-11-23-20-18(21)19-15-8-6-10-17-14(15)12-13-7-4-5-9-16(13)22-17/h4-10H,2-3,11-12H2,1H3,(H2,19,20,21). The van der Waals surface area contributed by atoms with Crippen LogP contribution in [0, 0.1) is 0 Å². The van der Waals surface area contributed by atoms with Crippen LogP contribution in [0.4, 0.5) is 10.5 Å². The van der Waals surface area contributed by atoms with Crippen molar-refractivity contribution in [1.29, 1.82) is 0 Å². The van der Waals surface area contributed by atoms with Crippen LogP contribution in [0.5, 0.6) is 11.5 Å². The van der Waals surface area contributed by atoms with Crippen molar-refractivity contribution in [2.45, 2.75) is 26.2 Å². The van der Waals surface area contributed by atoms with E-state index in [2.05, 4.69) is 23.0 Å². The minimum atomic E-state index is -0.196. The highest BCUT2D eigenvalue weighted by atomic mass is 32.2. The SMILES string of the molecule is CCCCSNC(=O)Nc1cccc2c1Cc1ccccc1O2. The van der Waals surface area contributed by atoms with Gasteiger partial charge in [0, 0.05) is 23.4 Å². The molecule has 0 atom stereocenters. The first-order chi connectivity index (χ1) is 11.3. The van der Waals surface area contributed by atoms with Crippen LogP contribution in [0.25, 0.3) is 0 Å². The predicted octanol–water partition coefficient (Wildman–Crippen LogP) is 4.95. The van der Waals surface area contributed by atoms with Crippen LogP contribution in [-0.2, 0) is 6.42 Å². The summed E-state index contributed by atoms with van der Waals surface area (Å²) in [5, 5.41) is 2.93. The Hall–Kier alpha value is -2.14. The van der Waals surface area contributed by atoms with Crippen LogP contribution in [0.3, 0.4) is 0 Å². The first kappa shape index (κ1) is 15.7. The Kier molecular flexibility index (Phi) is 5.08. The Labute approximate surface area is 140 Å². The number of amides is 2. The number of benzene rings is 2. The molecule has 4 nitrogen and oxygen atoms in total. The average molecular weight is 328 g/mol. The fraction of sp³-hybridized carbons (Fsp3) is 0.278. The number of para-hydroxylation sites is 1. The lowest BCUT2D eigenvalue weighted by molar-refractivity contribution is 0.257. The Morgan fingerprint density at radius 3 is 2.87 bits per heavy atom. The van der Waals surface area contributed by atoms with Crippen molar-refractivity contribution >= 4 is 23.7 Å². The van der Waals surface area contributed by atoms with Gasteiger partial charge in [-0.2, -0.15) is 0 Å². The maximum atomic E-state index is 12.0. The highest BCUT2D eigenvalue weighted by Crippen LogP contribution is 2.39. The van der Waals surface area contributed by atoms with Crippen LogP contribution in [0.1, 0.15) is 30.9 Å². The number of hydrogen-bond acceptors (Lipinski definition) is 3. The molecule has 1 heterocycles. The van der Waals surface area contributed by atoms with Gasteiger partial charge in [0.2, 0.25) is 0 Å². The molecule has 0 spiro atoms. The van der Waals surface area contributed by atoms with E-state index in [4.69, 9.17) is 4.74 Å². The summed E-state index contributed by atoms with van der Waals surface area (Å²) >= 11 is 1.44. The molecule has 2 aromatic carbocycles. The normalized spacial score (nSPS) is 11.9. The third-order valence-corrected chi connectivity index (χ3v) is 4.53. The van der Waals surface area contributed by atoms with E-state index in [1.165, 1.54) is 11.9 Å². The fourth-order valence-corrected chi connectivity index (χ4v) is 3.22. The van der Waals surface area contributed by atoms with Gasteiger partial charge in [-0.15, -0.1) is 0 Å². The minimum Gasteiger partial charge on any atom is -0.457 e. The van der Waals surface area contributed by atoms with Gasteiger partial charge >= 0.3 is 6.03 Å². The number of carbonyl (C=O) groups excluding carboxylic acids is 1. The second kappa shape index (κ2) is 7.42. The van der Waals surface area contributed by atoms with Crippen LogP contribution >= 0.6 is 11.9 Å². The van der Waals surface area contributed by atoms with Crippen LogP contribution < -0.4 is 14.8 Å². The molecule has 0 saturated carbocycles. The topological polar surface area (TPSA) is 50.4 Å². The van der Waals surface area contributed by atoms with Crippen LogP contribution in [-0.4, -0.2) is 11.8 Å². The summed E-state index contributed by atoms with van der Waals surface area (Å²) in [4.78, 5) is 12.0. The van der Waals surface area contributed by atoms with Gasteiger partial charge in [0.25, 0.3) is 0 Å². The van der Waals surface area contributed by atoms with Crippen LogP contribution in [0.15, 0.2) is 42.5 Å². The lowest BCUT2D eigenvalue weighted by Crippen LogP contribution is -2.24. The molecule has 2 N–H and O–H groups in total. The van der Waals surface area contributed by atoms with E-state index in [1.807, 2.05) is 36.4 Å². The van der Waals surface area contributed by atoms with Crippen molar-refractivity contribution in [1.82, 2.24) is 4.72 Å². The number of carbonyl (C=O) groups is 1. The van der Waals surface area contributed by atoms with E-state index >= 15 is 0 Å². The molecule has 120 valence electrons. The van der Waals surface area contributed by atoms with Crippen LogP contribution in [0.2, 0.25) is 0 Å². The second-order valence-corrected chi connectivity index (χ2v) is 6.33. The summed E-state index contributed by atoms with van der Waals surface area (Å²) in [5.41, 5.74) is 2.94. The molecule has 0 bridgehead atoms. The zero-order valence-electron chi connectivity index (χ0n) is 13.1. The molecule has 2 aromatic rings. The zero-order valence-corrected chi connectivity index (χ0v) is 13.9. The maximum Gasteiger partial charge on any atom is 0.329 e. The third kappa shape index (κ3) is 3.79. The first-order valence-corrected chi connectivity index (χ1v) is 8.83. The molecule has 1 aliphatic heterocycles. The highest BCUT2D eigenvalue weighted by molar-refractivity contribution is 7.97. The van der Waals surface area contributed by atoms with Gasteiger partial charge in [-0.25, -0.2) is 4.79 Å². The molecule has 0 aromatic heterocycles. The summed E-state index contributed by atoms with van der Waals surface area (Å²) in [6, 6.07) is 13.5. The van der Waals surface area contributed by atoms with E-state index in [0.29, 0.717) is 0 Å². The van der Waals surface area contributed by atoms with Crippen molar-refractivity contribution in [2.75, 3.05) is 11.1 Å². The molecule has 3 rings (SSSR count). The van der Waals surface area contributed by atoms with Crippen molar-refractivity contribution in [3.05, 3.63) is 53.6 Å². The number of rotatable bonds is 5. The quantitative estimate of drug-likeness (QED) is 0.514. The largest absolute Gasteiger partial charge is 0.457 e. The number of anilines is 1. The summed E-state index contributed by atoms with van der Waals surface area (Å²) in [6.45, 7) is 2.13. The number of fused-ring (bicyclic) bond motifs is 2. The zero-order chi connectivity index (χ0) is 16.1. The molecule has 0 fully saturated rings. The maximum absolute atomic E-state index is 12.0. The predicted molar refractivity (Wildman–Crippen MR) is 95.3 cm³/mol. The Bertz CT molecular complexity index is 703. The van der Waals surface area contributed by atoms with E-state index in [9.17, 15) is 4.79 Å². The molecule has 23 heavy (non-hydrogen) atoms. The molecular weight excluding hydrogens is 308 g/mol. The molecular formula is C18H20N2O2S. The molecule has 0 aliphatic carbocycles. The second-order valence-electron chi connectivity index (χ2n) is 5.43. The van der Waals surface area contributed by atoms with E-state index in [-0.39, 0.29) is 6.03 Å². The molecule has 0 unspecified atom stereocenters. The smallest absolute Gasteiger partial charge is 0.329 e. The number of urea groups is 1. The number of nitrogens with one attached hydrogen (secondary N) is 2. The Morgan fingerprint density at radius 1 is 1.17 bits per heavy atom. The van der Waals surface area contributed by atoms with Gasteiger partial charge in [0.05, 0.1) is 0 Å². The third-order valence-electron chi connectivity index (χ3n) is 3.71. The van der Waals surface area contributed by atoms with Crippen molar-refractivity contribution in [3.8, 4) is 11.5 Å². The van der Waals surface area contributed by atoms with Gasteiger partial charge in [-0.3, -0.25) is 4.72 Å². The van der Waals surface area contributed by atoms with Crippen molar-refractivity contribution < 1.29 is 9.53 Å². The average Bonchev–Trinajstić information content (AvgIpc) is 2.57. The summed E-state index contributed by atoms with van der Waals surface area (Å²) in [6.07, 6.45) is 2.97. The van der Waals surface area contributed by atoms with Gasteiger partial charge < -0.3 is 10.1 Å². The fourth-order valence-electron chi connectivity index (χ4n) is 2.50. The van der Waals surface area contributed by atoms with Gasteiger partial charge in [-0.05, 0) is 42.1 Å². The van der Waals surface area contributed by atoms with E-state index < -0.39 is 0 Å². The minimum absolute atomic E-state index is 0.196. The molecule has 1 aliphatic rings. The lowest BCUT2D eigenvalue weighted by Gasteiger charge is -2.22. The molecule has 0 radical (unpaired) electrons. The van der Waals surface area contributed by atoms with Crippen molar-refractivity contribution in [2.24, 2.45) is 0 Å². The molecule has 2 amide bonds. The van der Waals surface area contributed by atoms with E-state index in [1.54, 1.807) is 0 Å². The first-order valence-electron chi connectivity index (χ1n) is 7.84. The monoisotopic (exact) mass is 328 g/mol. The number of hydrogen-bond donors (Lipinski definition) is 2. The Morgan fingerprint density at radius 2 is 2.00 bits per heavy atom. The number of ether oxygens (including phenoxy) is 1. The number of unbranched alkanes of at least 4 members (excludes halogenated alkanes) is 1. The van der Waals surface area contributed by atoms with Gasteiger partial charge in [-0.1, -0.05) is 37.6 Å². The molecule has 5 heteroatoms. The summed E-state index contributed by atoms with van der Waals surface area (Å²) in [7, 11) is 0. The molecule has 0 saturated heterocycles. The van der Waals surface area contributed by atoms with Gasteiger partial charge in [0.15, 0.2) is 0 Å². The summed E-state index contributed by atoms with van der Waals surface area (Å²) in [5.74, 6) is 2.62. The highest BCUT2D eigenvalue weighted by Gasteiger charge is 2.20. The van der Waals surface area contributed by atoms with E-state index in [0.717, 1.165) is 53.3 Å². The Balaban J connectivity index is 1.70. The lowest BCUT2D eigenvalue weighted by atomic mass is 9.99. The van der Waals surface area contributed by atoms with Crippen molar-refractivity contribution in [3.63, 3.8) is 0 Å². The summed E-state index contributed by atoms with van der Waals surface area (Å²) < 4.78 is 8.75.